The van der Waals surface area contributed by atoms with E-state index >= 15 is 0 Å². The molecule has 0 radical (unpaired) electrons. The van der Waals surface area contributed by atoms with Gasteiger partial charge in [0.05, 0.1) is 0 Å². The summed E-state index contributed by atoms with van der Waals surface area (Å²) in [5, 5.41) is 2.45. The lowest BCUT2D eigenvalue weighted by Gasteiger charge is -2.14. The Hall–Kier alpha value is -3.40. The number of azide groups is 1. The smallest absolute Gasteiger partial charge is 0.346 e. The Kier molecular flexibility index (Phi) is 4.51. The van der Waals surface area contributed by atoms with E-state index in [1.54, 1.807) is 0 Å². The van der Waals surface area contributed by atoms with Crippen molar-refractivity contribution in [1.82, 2.24) is 4.90 Å². The Balaban J connectivity index is 2.32. The van der Waals surface area contributed by atoms with Crippen molar-refractivity contribution < 1.29 is 36.7 Å². The Bertz CT molecular complexity index is 801. The Labute approximate surface area is 129 Å². The minimum atomic E-state index is -2.15. The van der Waals surface area contributed by atoms with Crippen LogP contribution in [0.5, 0.6) is 0 Å². The largest absolute Gasteiger partial charge is 0.440 e. The fourth-order valence-corrected chi connectivity index (χ4v) is 1.69. The zero-order valence-electron chi connectivity index (χ0n) is 11.3. The lowest BCUT2D eigenvalue weighted by atomic mass is 10.1. The van der Waals surface area contributed by atoms with Crippen molar-refractivity contribution in [3.05, 3.63) is 51.4 Å². The highest BCUT2D eigenvalue weighted by Gasteiger charge is 2.31. The zero-order valence-corrected chi connectivity index (χ0v) is 11.3. The van der Waals surface area contributed by atoms with Crippen LogP contribution < -0.4 is 0 Å². The van der Waals surface area contributed by atoms with Crippen molar-refractivity contribution in [3.63, 3.8) is 0 Å². The van der Waals surface area contributed by atoms with Gasteiger partial charge in [0.25, 0.3) is 11.8 Å². The van der Waals surface area contributed by atoms with Gasteiger partial charge in [0.15, 0.2) is 30.0 Å². The molecule has 124 valence electrons. The third kappa shape index (κ3) is 2.77. The molecule has 24 heavy (non-hydrogen) atoms. The number of hydrogen-bond donors (Lipinski definition) is 0. The quantitative estimate of drug-likeness (QED) is 0.158. The van der Waals surface area contributed by atoms with Crippen LogP contribution in [0.4, 0.5) is 23.2 Å². The van der Waals surface area contributed by atoms with Gasteiger partial charge < -0.3 is 4.74 Å². The van der Waals surface area contributed by atoms with Crippen LogP contribution in [-0.2, 0) is 14.3 Å². The van der Waals surface area contributed by atoms with Gasteiger partial charge >= 0.3 is 5.97 Å². The van der Waals surface area contributed by atoms with E-state index in [1.807, 2.05) is 4.91 Å². The number of imide groups is 1. The molecule has 0 spiro atoms. The van der Waals surface area contributed by atoms with Gasteiger partial charge in [0, 0.05) is 17.1 Å². The maximum absolute atomic E-state index is 13.7. The summed E-state index contributed by atoms with van der Waals surface area (Å²) in [4.78, 5) is 36.4. The van der Waals surface area contributed by atoms with E-state index in [9.17, 15) is 31.9 Å². The summed E-state index contributed by atoms with van der Waals surface area (Å²) in [5.41, 5.74) is 4.76. The van der Waals surface area contributed by atoms with E-state index in [0.717, 1.165) is 12.2 Å². The van der Waals surface area contributed by atoms with Gasteiger partial charge in [-0.05, 0) is 5.53 Å². The highest BCUT2D eigenvalue weighted by molar-refractivity contribution is 6.12. The molecule has 1 aliphatic rings. The van der Waals surface area contributed by atoms with Crippen molar-refractivity contribution >= 4 is 23.5 Å². The van der Waals surface area contributed by atoms with Gasteiger partial charge in [0.1, 0.15) is 11.3 Å². The molecule has 0 aromatic heterocycles. The molecule has 0 saturated heterocycles. The number of halogens is 4. The van der Waals surface area contributed by atoms with Crippen LogP contribution in [0.25, 0.3) is 10.4 Å². The van der Waals surface area contributed by atoms with Gasteiger partial charge in [-0.2, -0.15) is 0 Å². The molecule has 2 rings (SSSR count). The number of carbonyl (C=O) groups is 3. The second-order valence-electron chi connectivity index (χ2n) is 4.17. The molecule has 0 aliphatic carbocycles. The Morgan fingerprint density at radius 3 is 2.04 bits per heavy atom. The maximum atomic E-state index is 13.7. The summed E-state index contributed by atoms with van der Waals surface area (Å²) < 4.78 is 58.8. The predicted octanol–water partition coefficient (Wildman–Crippen LogP) is 2.22. The summed E-state index contributed by atoms with van der Waals surface area (Å²) in [6.07, 6.45) is 1.71. The fraction of sp³-hybridized carbons (Fsp3) is 0.0833. The Morgan fingerprint density at radius 1 is 1.08 bits per heavy atom. The summed E-state index contributed by atoms with van der Waals surface area (Å²) >= 11 is 0. The molecule has 1 aliphatic heterocycles. The van der Waals surface area contributed by atoms with Crippen molar-refractivity contribution in [2.75, 3.05) is 6.73 Å². The minimum absolute atomic E-state index is 0.398. The highest BCUT2D eigenvalue weighted by atomic mass is 19.2. The van der Waals surface area contributed by atoms with Crippen molar-refractivity contribution in [3.8, 4) is 0 Å². The van der Waals surface area contributed by atoms with Crippen LogP contribution >= 0.6 is 0 Å². The molecular formula is C12H4F4N4O4. The molecule has 0 saturated carbocycles. The number of ether oxygens (including phenoxy) is 1. The number of amides is 2. The molecular weight excluding hydrogens is 340 g/mol. The molecule has 1 heterocycles. The first-order valence-electron chi connectivity index (χ1n) is 5.91. The molecule has 1 aromatic carbocycles. The summed E-state index contributed by atoms with van der Waals surface area (Å²) in [5.74, 6) is -12.1. The topological polar surface area (TPSA) is 112 Å². The molecule has 0 N–H and O–H groups in total. The number of benzene rings is 1. The second-order valence-corrected chi connectivity index (χ2v) is 4.17. The SMILES string of the molecule is [N-]=[N+]=Nc1c(F)c(F)c(C(=O)OCN2C(=O)C=CC2=O)c(F)c1F. The van der Waals surface area contributed by atoms with Gasteiger partial charge in [-0.15, -0.1) is 0 Å². The first-order chi connectivity index (χ1) is 11.3. The highest BCUT2D eigenvalue weighted by Crippen LogP contribution is 2.30. The molecule has 1 aromatic rings. The third-order valence-corrected chi connectivity index (χ3v) is 2.81. The lowest BCUT2D eigenvalue weighted by Crippen LogP contribution is -2.33. The number of esters is 1. The number of nitrogens with zero attached hydrogens (tertiary/aromatic N) is 4. The normalized spacial score (nSPS) is 13.2. The molecule has 0 fully saturated rings. The van der Waals surface area contributed by atoms with Crippen LogP contribution in [0.15, 0.2) is 17.3 Å². The maximum Gasteiger partial charge on any atom is 0.346 e. The van der Waals surface area contributed by atoms with Crippen molar-refractivity contribution in [2.24, 2.45) is 5.11 Å². The van der Waals surface area contributed by atoms with Gasteiger partial charge in [0.2, 0.25) is 0 Å². The predicted molar refractivity (Wildman–Crippen MR) is 66.4 cm³/mol. The molecule has 0 bridgehead atoms. The van der Waals surface area contributed by atoms with Crippen LogP contribution in [-0.4, -0.2) is 29.4 Å². The number of hydrogen-bond acceptors (Lipinski definition) is 5. The number of carbonyl (C=O) groups excluding carboxylic acids is 3. The minimum Gasteiger partial charge on any atom is -0.440 e. The van der Waals surface area contributed by atoms with Crippen LogP contribution in [0.1, 0.15) is 10.4 Å². The Morgan fingerprint density at radius 2 is 1.58 bits per heavy atom. The summed E-state index contributed by atoms with van der Waals surface area (Å²) in [6.45, 7) is -1.02. The average molecular weight is 344 g/mol. The molecule has 2 amide bonds. The molecule has 12 heteroatoms. The molecule has 0 unspecified atom stereocenters. The second kappa shape index (κ2) is 6.38. The third-order valence-electron chi connectivity index (χ3n) is 2.81. The lowest BCUT2D eigenvalue weighted by molar-refractivity contribution is -0.140. The fourth-order valence-electron chi connectivity index (χ4n) is 1.69. The molecule has 8 nitrogen and oxygen atoms in total. The van der Waals surface area contributed by atoms with Gasteiger partial charge in [-0.25, -0.2) is 27.3 Å². The molecule has 0 atom stereocenters. The van der Waals surface area contributed by atoms with E-state index in [1.165, 1.54) is 0 Å². The van der Waals surface area contributed by atoms with Crippen molar-refractivity contribution in [1.29, 1.82) is 0 Å². The van der Waals surface area contributed by atoms with Crippen molar-refractivity contribution in [2.45, 2.75) is 0 Å². The van der Waals surface area contributed by atoms with Gasteiger partial charge in [-0.1, -0.05) is 5.11 Å². The first kappa shape index (κ1) is 17.0. The monoisotopic (exact) mass is 344 g/mol. The summed E-state index contributed by atoms with van der Waals surface area (Å²) in [7, 11) is 0. The van der Waals surface area contributed by atoms with Crippen LogP contribution in [0, 0.1) is 23.3 Å². The van der Waals surface area contributed by atoms with E-state index in [-0.39, 0.29) is 0 Å². The number of rotatable bonds is 4. The first-order valence-corrected chi connectivity index (χ1v) is 5.91. The van der Waals surface area contributed by atoms with E-state index in [2.05, 4.69) is 9.85 Å². The van der Waals surface area contributed by atoms with E-state index in [0.29, 0.717) is 4.90 Å². The van der Waals surface area contributed by atoms with Crippen LogP contribution in [0.3, 0.4) is 0 Å². The summed E-state index contributed by atoms with van der Waals surface area (Å²) in [6, 6.07) is 0. The zero-order chi connectivity index (χ0) is 18.0. The van der Waals surface area contributed by atoms with E-state index in [4.69, 9.17) is 5.53 Å². The van der Waals surface area contributed by atoms with Gasteiger partial charge in [-0.3, -0.25) is 9.59 Å². The standard InChI is InChI=1S/C12H4F4N4O4/c13-7-6(8(14)10(16)11(9(7)15)18-19-17)12(23)24-3-20-4(21)1-2-5(20)22/h1-2H,3H2. The van der Waals surface area contributed by atoms with Crippen LogP contribution in [0.2, 0.25) is 0 Å². The van der Waals surface area contributed by atoms with E-state index < -0.39 is 59.0 Å². The average Bonchev–Trinajstić information content (AvgIpc) is 2.86.